The molecule has 0 heterocycles. The summed E-state index contributed by atoms with van der Waals surface area (Å²) >= 11 is 0. The van der Waals surface area contributed by atoms with Crippen molar-refractivity contribution in [3.05, 3.63) is 35.1 Å². The van der Waals surface area contributed by atoms with Crippen molar-refractivity contribution in [1.82, 2.24) is 0 Å². The minimum Gasteiger partial charge on any atom is -0.385 e. The predicted molar refractivity (Wildman–Crippen MR) is 58.6 cm³/mol. The third-order valence-electron chi connectivity index (χ3n) is 3.07. The van der Waals surface area contributed by atoms with Gasteiger partial charge < -0.3 is 5.11 Å². The van der Waals surface area contributed by atoms with Gasteiger partial charge in [0.15, 0.2) is 5.78 Å². The molecular formula is C13H15FO2. The highest BCUT2D eigenvalue weighted by molar-refractivity contribution is 5.85. The fourth-order valence-corrected chi connectivity index (χ4v) is 1.82. The van der Waals surface area contributed by atoms with Gasteiger partial charge in [0.1, 0.15) is 11.9 Å². The molecular weight excluding hydrogens is 207 g/mol. The Morgan fingerprint density at radius 3 is 2.81 bits per heavy atom. The number of hydrogen-bond acceptors (Lipinski definition) is 2. The molecule has 1 aromatic carbocycles. The molecule has 0 aromatic heterocycles. The summed E-state index contributed by atoms with van der Waals surface area (Å²) < 4.78 is 12.8. The second-order valence-corrected chi connectivity index (χ2v) is 4.50. The number of carbonyl (C=O) groups excluding carboxylic acids is 1. The Morgan fingerprint density at radius 2 is 2.25 bits per heavy atom. The van der Waals surface area contributed by atoms with E-state index < -0.39 is 6.10 Å². The lowest BCUT2D eigenvalue weighted by atomic mass is 9.99. The zero-order valence-corrected chi connectivity index (χ0v) is 9.24. The Labute approximate surface area is 94.1 Å². The second kappa shape index (κ2) is 4.34. The Hall–Kier alpha value is -1.22. The fraction of sp³-hybridized carbons (Fsp3) is 0.462. The van der Waals surface area contributed by atoms with Crippen LogP contribution >= 0.6 is 0 Å². The van der Waals surface area contributed by atoms with Gasteiger partial charge in [-0.15, -0.1) is 0 Å². The van der Waals surface area contributed by atoms with Crippen molar-refractivity contribution >= 4 is 5.78 Å². The third kappa shape index (κ3) is 2.47. The van der Waals surface area contributed by atoms with Crippen LogP contribution in [0.25, 0.3) is 0 Å². The second-order valence-electron chi connectivity index (χ2n) is 4.50. The van der Waals surface area contributed by atoms with Gasteiger partial charge >= 0.3 is 0 Å². The molecule has 2 rings (SSSR count). The number of Topliss-reactive ketones (excluding diaryl/α,β-unsaturated/α-hetero) is 1. The van der Waals surface area contributed by atoms with Crippen LogP contribution in [0.4, 0.5) is 4.39 Å². The molecule has 3 heteroatoms. The molecule has 0 spiro atoms. The van der Waals surface area contributed by atoms with Gasteiger partial charge in [0, 0.05) is 6.42 Å². The lowest BCUT2D eigenvalue weighted by Crippen LogP contribution is -2.24. The molecule has 1 saturated carbocycles. The molecule has 86 valence electrons. The molecule has 1 atom stereocenters. The summed E-state index contributed by atoms with van der Waals surface area (Å²) in [5, 5.41) is 9.64. The molecule has 1 N–H and O–H groups in total. The number of carbonyl (C=O) groups is 1. The zero-order chi connectivity index (χ0) is 11.7. The van der Waals surface area contributed by atoms with Crippen molar-refractivity contribution in [3.8, 4) is 0 Å². The molecule has 1 fully saturated rings. The lowest BCUT2D eigenvalue weighted by Gasteiger charge is -2.09. The Balaban J connectivity index is 2.05. The van der Waals surface area contributed by atoms with Crippen molar-refractivity contribution in [3.63, 3.8) is 0 Å². The molecule has 1 aliphatic rings. The van der Waals surface area contributed by atoms with Crippen LogP contribution in [0.2, 0.25) is 0 Å². The molecule has 2 nitrogen and oxygen atoms in total. The van der Waals surface area contributed by atoms with Crippen LogP contribution in [0.1, 0.15) is 24.0 Å². The Kier molecular flexibility index (Phi) is 3.06. The van der Waals surface area contributed by atoms with Gasteiger partial charge in [-0.3, -0.25) is 4.79 Å². The summed E-state index contributed by atoms with van der Waals surface area (Å²) in [6.07, 6.45) is 1.25. The summed E-state index contributed by atoms with van der Waals surface area (Å²) in [6, 6.07) is 4.37. The van der Waals surface area contributed by atoms with Crippen LogP contribution < -0.4 is 0 Å². The topological polar surface area (TPSA) is 37.3 Å². The smallest absolute Gasteiger partial charge is 0.165 e. The van der Waals surface area contributed by atoms with Gasteiger partial charge in [-0.1, -0.05) is 6.07 Å². The predicted octanol–water partition coefficient (Wildman–Crippen LogP) is 2.02. The standard InChI is InChI=1S/C13H15FO2/c1-8-6-11(14)5-4-10(8)7-12(15)13(16)9-2-3-9/h4-6,9,13,16H,2-3,7H2,1H3. The summed E-state index contributed by atoms with van der Waals surface area (Å²) in [5.41, 5.74) is 1.56. The van der Waals surface area contributed by atoms with Crippen LogP contribution in [0.5, 0.6) is 0 Å². The zero-order valence-electron chi connectivity index (χ0n) is 9.24. The monoisotopic (exact) mass is 222 g/mol. The van der Waals surface area contributed by atoms with E-state index in [-0.39, 0.29) is 23.9 Å². The maximum atomic E-state index is 12.8. The maximum Gasteiger partial charge on any atom is 0.165 e. The molecule has 0 aliphatic heterocycles. The van der Waals surface area contributed by atoms with Crippen LogP contribution in [0.3, 0.4) is 0 Å². The van der Waals surface area contributed by atoms with E-state index in [1.807, 2.05) is 0 Å². The van der Waals surface area contributed by atoms with E-state index in [4.69, 9.17) is 0 Å². The summed E-state index contributed by atoms with van der Waals surface area (Å²) in [6.45, 7) is 1.77. The van der Waals surface area contributed by atoms with Crippen LogP contribution in [-0.4, -0.2) is 17.0 Å². The first kappa shape index (κ1) is 11.3. The summed E-state index contributed by atoms with van der Waals surface area (Å²) in [5.74, 6) is -0.290. The van der Waals surface area contributed by atoms with E-state index in [1.165, 1.54) is 12.1 Å². The molecule has 1 aliphatic carbocycles. The summed E-state index contributed by atoms with van der Waals surface area (Å²) in [4.78, 5) is 11.7. The van der Waals surface area contributed by atoms with Gasteiger partial charge in [-0.25, -0.2) is 4.39 Å². The lowest BCUT2D eigenvalue weighted by molar-refractivity contribution is -0.127. The van der Waals surface area contributed by atoms with Crippen LogP contribution in [-0.2, 0) is 11.2 Å². The molecule has 1 unspecified atom stereocenters. The maximum absolute atomic E-state index is 12.8. The third-order valence-corrected chi connectivity index (χ3v) is 3.07. The van der Waals surface area contributed by atoms with Gasteiger partial charge in [-0.05, 0) is 48.9 Å². The van der Waals surface area contributed by atoms with Crippen molar-refractivity contribution in [2.24, 2.45) is 5.92 Å². The highest BCUT2D eigenvalue weighted by Crippen LogP contribution is 2.33. The first-order chi connectivity index (χ1) is 7.58. The number of rotatable bonds is 4. The minimum atomic E-state index is -0.829. The largest absolute Gasteiger partial charge is 0.385 e. The van der Waals surface area contributed by atoms with E-state index in [0.717, 1.165) is 24.0 Å². The SMILES string of the molecule is Cc1cc(F)ccc1CC(=O)C(O)C1CC1. The van der Waals surface area contributed by atoms with Gasteiger partial charge in [0.05, 0.1) is 0 Å². The van der Waals surface area contributed by atoms with Gasteiger partial charge in [0.25, 0.3) is 0 Å². The Morgan fingerprint density at radius 1 is 1.56 bits per heavy atom. The number of aryl methyl sites for hydroxylation is 1. The fourth-order valence-electron chi connectivity index (χ4n) is 1.82. The molecule has 16 heavy (non-hydrogen) atoms. The molecule has 0 amide bonds. The van der Waals surface area contributed by atoms with Crippen LogP contribution in [0.15, 0.2) is 18.2 Å². The van der Waals surface area contributed by atoms with Gasteiger partial charge in [0.2, 0.25) is 0 Å². The first-order valence-electron chi connectivity index (χ1n) is 5.53. The molecule has 1 aromatic rings. The number of hydrogen-bond donors (Lipinski definition) is 1. The van der Waals surface area contributed by atoms with Gasteiger partial charge in [-0.2, -0.15) is 0 Å². The van der Waals surface area contributed by atoms with Crippen molar-refractivity contribution in [2.75, 3.05) is 0 Å². The highest BCUT2D eigenvalue weighted by Gasteiger charge is 2.34. The number of ketones is 1. The van der Waals surface area contributed by atoms with Crippen molar-refractivity contribution in [2.45, 2.75) is 32.3 Å². The van der Waals surface area contributed by atoms with Crippen molar-refractivity contribution in [1.29, 1.82) is 0 Å². The highest BCUT2D eigenvalue weighted by atomic mass is 19.1. The first-order valence-corrected chi connectivity index (χ1v) is 5.53. The van der Waals surface area contributed by atoms with Crippen LogP contribution in [0, 0.1) is 18.7 Å². The number of halogens is 1. The molecule has 0 bridgehead atoms. The molecule has 0 saturated heterocycles. The quantitative estimate of drug-likeness (QED) is 0.846. The average Bonchev–Trinajstić information content (AvgIpc) is 3.04. The summed E-state index contributed by atoms with van der Waals surface area (Å²) in [7, 11) is 0. The van der Waals surface area contributed by atoms with E-state index in [0.29, 0.717) is 0 Å². The Bertz CT molecular complexity index is 410. The van der Waals surface area contributed by atoms with E-state index in [1.54, 1.807) is 13.0 Å². The molecule has 0 radical (unpaired) electrons. The normalized spacial score (nSPS) is 17.2. The number of benzene rings is 1. The number of aliphatic hydroxyl groups excluding tert-OH is 1. The van der Waals surface area contributed by atoms with E-state index >= 15 is 0 Å². The van der Waals surface area contributed by atoms with Crippen molar-refractivity contribution < 1.29 is 14.3 Å². The minimum absolute atomic E-state index is 0.155. The van der Waals surface area contributed by atoms with E-state index in [9.17, 15) is 14.3 Å². The number of aliphatic hydroxyl groups is 1. The van der Waals surface area contributed by atoms with E-state index in [2.05, 4.69) is 0 Å². The average molecular weight is 222 g/mol.